The lowest BCUT2D eigenvalue weighted by Crippen LogP contribution is -2.20. The van der Waals surface area contributed by atoms with Gasteiger partial charge in [0.25, 0.3) is 0 Å². The molecule has 0 aliphatic heterocycles. The molecule has 0 radical (unpaired) electrons. The molecule has 0 atom stereocenters. The second kappa shape index (κ2) is 7.26. The van der Waals surface area contributed by atoms with Crippen molar-refractivity contribution in [3.8, 4) is 17.0 Å². The van der Waals surface area contributed by atoms with Gasteiger partial charge in [-0.3, -0.25) is 0 Å². The smallest absolute Gasteiger partial charge is 0.323 e. The van der Waals surface area contributed by atoms with Crippen LogP contribution in [0.15, 0.2) is 41.1 Å². The third-order valence-corrected chi connectivity index (χ3v) is 4.04. The van der Waals surface area contributed by atoms with Gasteiger partial charge in [-0.2, -0.15) is 0 Å². The van der Waals surface area contributed by atoms with E-state index in [-0.39, 0.29) is 6.03 Å². The molecule has 0 spiro atoms. The summed E-state index contributed by atoms with van der Waals surface area (Å²) in [6, 6.07) is 9.21. The number of nitrogens with one attached hydrogen (secondary N) is 2. The molecule has 0 saturated carbocycles. The van der Waals surface area contributed by atoms with E-state index in [1.54, 1.807) is 33.2 Å². The number of amides is 2. The summed E-state index contributed by atoms with van der Waals surface area (Å²) in [6.07, 6.45) is 1.73. The Bertz CT molecular complexity index is 913. The van der Waals surface area contributed by atoms with Crippen LogP contribution in [0, 0.1) is 20.8 Å². The van der Waals surface area contributed by atoms with Crippen LogP contribution in [-0.4, -0.2) is 23.3 Å². The molecule has 2 heterocycles. The van der Waals surface area contributed by atoms with Crippen LogP contribution in [0.2, 0.25) is 0 Å². The molecule has 1 aromatic carbocycles. The molecular weight excluding hydrogens is 332 g/mol. The molecule has 0 aliphatic rings. The van der Waals surface area contributed by atoms with Crippen molar-refractivity contribution in [1.29, 1.82) is 0 Å². The fourth-order valence-electron chi connectivity index (χ4n) is 2.54. The predicted octanol–water partition coefficient (Wildman–Crippen LogP) is 4.31. The van der Waals surface area contributed by atoms with Gasteiger partial charge in [-0.25, -0.2) is 9.78 Å². The number of rotatable bonds is 4. The number of aromatic nitrogens is 2. The molecule has 0 bridgehead atoms. The molecule has 7 nitrogen and oxygen atoms in total. The average Bonchev–Trinajstić information content (AvgIpc) is 2.95. The highest BCUT2D eigenvalue weighted by atomic mass is 16.5. The standard InChI is InChI=1S/C19H20N4O3/c1-11-5-6-14(15-7-8-17(25-4)20-10-15)9-16(11)21-19(24)22-18-12(2)23-26-13(18)3/h5-10H,1-4H3,(H2,21,22,24). The van der Waals surface area contributed by atoms with E-state index in [2.05, 4.69) is 20.8 Å². The molecule has 134 valence electrons. The summed E-state index contributed by atoms with van der Waals surface area (Å²) in [6.45, 7) is 5.45. The molecular formula is C19H20N4O3. The van der Waals surface area contributed by atoms with E-state index in [1.807, 2.05) is 31.2 Å². The fourth-order valence-corrected chi connectivity index (χ4v) is 2.54. The van der Waals surface area contributed by atoms with Crippen molar-refractivity contribution in [3.05, 3.63) is 53.5 Å². The van der Waals surface area contributed by atoms with Gasteiger partial charge in [0.2, 0.25) is 5.88 Å². The number of urea groups is 1. The van der Waals surface area contributed by atoms with Gasteiger partial charge in [-0.15, -0.1) is 0 Å². The number of anilines is 2. The van der Waals surface area contributed by atoms with Crippen LogP contribution < -0.4 is 15.4 Å². The van der Waals surface area contributed by atoms with E-state index in [4.69, 9.17) is 9.26 Å². The van der Waals surface area contributed by atoms with Crippen molar-refractivity contribution in [2.45, 2.75) is 20.8 Å². The molecule has 0 aliphatic carbocycles. The first-order chi connectivity index (χ1) is 12.5. The van der Waals surface area contributed by atoms with Gasteiger partial charge in [-0.1, -0.05) is 17.3 Å². The summed E-state index contributed by atoms with van der Waals surface area (Å²) in [4.78, 5) is 16.6. The highest BCUT2D eigenvalue weighted by Gasteiger charge is 2.13. The molecule has 2 N–H and O–H groups in total. The molecule has 7 heteroatoms. The highest BCUT2D eigenvalue weighted by Crippen LogP contribution is 2.26. The lowest BCUT2D eigenvalue weighted by atomic mass is 10.0. The number of carbonyl (C=O) groups excluding carboxylic acids is 1. The number of carbonyl (C=O) groups is 1. The van der Waals surface area contributed by atoms with Crippen molar-refractivity contribution < 1.29 is 14.1 Å². The second-order valence-electron chi connectivity index (χ2n) is 5.90. The Morgan fingerprint density at radius 2 is 1.85 bits per heavy atom. The van der Waals surface area contributed by atoms with Crippen molar-refractivity contribution >= 4 is 17.4 Å². The van der Waals surface area contributed by atoms with Crippen LogP contribution in [0.5, 0.6) is 5.88 Å². The van der Waals surface area contributed by atoms with Crippen molar-refractivity contribution in [2.24, 2.45) is 0 Å². The molecule has 0 saturated heterocycles. The monoisotopic (exact) mass is 352 g/mol. The number of pyridine rings is 1. The summed E-state index contributed by atoms with van der Waals surface area (Å²) in [5, 5.41) is 9.47. The van der Waals surface area contributed by atoms with Gasteiger partial charge in [0, 0.05) is 23.5 Å². The van der Waals surface area contributed by atoms with Crippen LogP contribution >= 0.6 is 0 Å². The van der Waals surface area contributed by atoms with Crippen LogP contribution in [0.3, 0.4) is 0 Å². The van der Waals surface area contributed by atoms with E-state index < -0.39 is 0 Å². The molecule has 3 aromatic rings. The Kier molecular flexibility index (Phi) is 4.88. The molecule has 3 rings (SSSR count). The van der Waals surface area contributed by atoms with Gasteiger partial charge < -0.3 is 19.9 Å². The van der Waals surface area contributed by atoms with Gasteiger partial charge in [0.1, 0.15) is 11.4 Å². The first-order valence-corrected chi connectivity index (χ1v) is 8.10. The van der Waals surface area contributed by atoms with Crippen LogP contribution in [-0.2, 0) is 0 Å². The maximum Gasteiger partial charge on any atom is 0.323 e. The number of benzene rings is 1. The summed E-state index contributed by atoms with van der Waals surface area (Å²) in [5.74, 6) is 1.12. The molecule has 2 amide bonds. The predicted molar refractivity (Wildman–Crippen MR) is 99.6 cm³/mol. The van der Waals surface area contributed by atoms with E-state index in [0.29, 0.717) is 28.7 Å². The third kappa shape index (κ3) is 3.66. The first kappa shape index (κ1) is 17.5. The molecule has 26 heavy (non-hydrogen) atoms. The zero-order valence-electron chi connectivity index (χ0n) is 15.1. The second-order valence-corrected chi connectivity index (χ2v) is 5.90. The number of methoxy groups -OCH3 is 1. The van der Waals surface area contributed by atoms with E-state index in [1.165, 1.54) is 0 Å². The SMILES string of the molecule is COc1ccc(-c2ccc(C)c(NC(=O)Nc3c(C)noc3C)c2)cn1. The molecule has 0 unspecified atom stereocenters. The van der Waals surface area contributed by atoms with Gasteiger partial charge >= 0.3 is 6.03 Å². The Labute approximate surface area is 151 Å². The van der Waals surface area contributed by atoms with Gasteiger partial charge in [0.15, 0.2) is 5.76 Å². The summed E-state index contributed by atoms with van der Waals surface area (Å²) < 4.78 is 10.1. The van der Waals surface area contributed by atoms with Gasteiger partial charge in [-0.05, 0) is 44.0 Å². The summed E-state index contributed by atoms with van der Waals surface area (Å²) in [7, 11) is 1.58. The summed E-state index contributed by atoms with van der Waals surface area (Å²) in [5.41, 5.74) is 4.74. The third-order valence-electron chi connectivity index (χ3n) is 4.04. The quantitative estimate of drug-likeness (QED) is 0.730. The zero-order chi connectivity index (χ0) is 18.7. The molecule has 0 fully saturated rings. The van der Waals surface area contributed by atoms with Gasteiger partial charge in [0.05, 0.1) is 7.11 Å². The maximum absolute atomic E-state index is 12.3. The number of hydrogen-bond acceptors (Lipinski definition) is 5. The maximum atomic E-state index is 12.3. The fraction of sp³-hybridized carbons (Fsp3) is 0.211. The average molecular weight is 352 g/mol. The first-order valence-electron chi connectivity index (χ1n) is 8.10. The van der Waals surface area contributed by atoms with Crippen LogP contribution in [0.25, 0.3) is 11.1 Å². The number of nitrogens with zero attached hydrogens (tertiary/aromatic N) is 2. The minimum Gasteiger partial charge on any atom is -0.481 e. The van der Waals surface area contributed by atoms with Crippen molar-refractivity contribution in [1.82, 2.24) is 10.1 Å². The Balaban J connectivity index is 1.80. The Morgan fingerprint density at radius 1 is 1.08 bits per heavy atom. The topological polar surface area (TPSA) is 89.3 Å². The number of aryl methyl sites for hydroxylation is 3. The Morgan fingerprint density at radius 3 is 2.46 bits per heavy atom. The van der Waals surface area contributed by atoms with E-state index >= 15 is 0 Å². The highest BCUT2D eigenvalue weighted by molar-refractivity contribution is 6.01. The molecule has 2 aromatic heterocycles. The Hall–Kier alpha value is -3.35. The minimum atomic E-state index is -0.354. The van der Waals surface area contributed by atoms with Crippen LogP contribution in [0.4, 0.5) is 16.2 Å². The minimum absolute atomic E-state index is 0.354. The summed E-state index contributed by atoms with van der Waals surface area (Å²) >= 11 is 0. The number of hydrogen-bond donors (Lipinski definition) is 2. The zero-order valence-corrected chi connectivity index (χ0v) is 15.1. The lowest BCUT2D eigenvalue weighted by molar-refractivity contribution is 0.262. The van der Waals surface area contributed by atoms with Crippen molar-refractivity contribution in [3.63, 3.8) is 0 Å². The normalized spacial score (nSPS) is 10.5. The number of ether oxygens (including phenoxy) is 1. The lowest BCUT2D eigenvalue weighted by Gasteiger charge is -2.12. The van der Waals surface area contributed by atoms with E-state index in [0.717, 1.165) is 16.7 Å². The van der Waals surface area contributed by atoms with Crippen LogP contribution in [0.1, 0.15) is 17.0 Å². The van der Waals surface area contributed by atoms with Crippen molar-refractivity contribution in [2.75, 3.05) is 17.7 Å². The van der Waals surface area contributed by atoms with E-state index in [9.17, 15) is 4.79 Å². The largest absolute Gasteiger partial charge is 0.481 e.